The van der Waals surface area contributed by atoms with Crippen LogP contribution in [0.3, 0.4) is 0 Å². The number of amides is 20. The van der Waals surface area contributed by atoms with Crippen LogP contribution in [-0.4, -0.2) is 325 Å². The largest absolute Gasteiger partial charge is 0.508 e. The average Bonchev–Trinajstić information content (AvgIpc) is 1.73. The van der Waals surface area contributed by atoms with Gasteiger partial charge in [0.15, 0.2) is 6.04 Å². The van der Waals surface area contributed by atoms with Gasteiger partial charge in [-0.25, -0.2) is 4.79 Å². The second-order valence-corrected chi connectivity index (χ2v) is 34.3. The summed E-state index contributed by atoms with van der Waals surface area (Å²) in [5.41, 5.74) is 11.4. The fourth-order valence-corrected chi connectivity index (χ4v) is 13.7. The molecule has 0 spiro atoms. The van der Waals surface area contributed by atoms with Gasteiger partial charge in [0.25, 0.3) is 0 Å². The van der Waals surface area contributed by atoms with Crippen molar-refractivity contribution in [1.29, 1.82) is 0 Å². The van der Waals surface area contributed by atoms with E-state index in [4.69, 9.17) is 11.5 Å². The molecular weight excluding hydrogens is 1720 g/mol. The second kappa shape index (κ2) is 54.4. The van der Waals surface area contributed by atoms with Crippen molar-refractivity contribution in [2.24, 2.45) is 41.1 Å². The number of aliphatic carboxylic acids is 1. The maximum Gasteiger partial charge on any atom is 0.328 e. The Balaban J connectivity index is 1.69. The van der Waals surface area contributed by atoms with E-state index >= 15 is 0 Å². The summed E-state index contributed by atoms with van der Waals surface area (Å²) in [4.78, 5) is 286. The molecule has 3 rings (SSSR count). The fourth-order valence-electron chi connectivity index (χ4n) is 13.7. The van der Waals surface area contributed by atoms with Crippen LogP contribution in [-0.2, 0) is 107 Å². The highest BCUT2D eigenvalue weighted by molar-refractivity contribution is 6.02. The Labute approximate surface area is 758 Å². The third kappa shape index (κ3) is 36.9. The van der Waals surface area contributed by atoms with Crippen LogP contribution in [0.5, 0.6) is 5.75 Å². The Morgan fingerprint density at radius 1 is 0.405 bits per heavy atom. The zero-order chi connectivity index (χ0) is 99.5. The molecule has 2 aliphatic rings. The Hall–Kier alpha value is -12.3. The third-order valence-electron chi connectivity index (χ3n) is 21.4. The van der Waals surface area contributed by atoms with Gasteiger partial charge in [-0.3, -0.25) is 95.9 Å². The summed E-state index contributed by atoms with van der Waals surface area (Å²) in [6.45, 7) is 19.8. The number of hydrogen-bond donors (Lipinski definition) is 25. The standard InChI is InChI=1S/C83H135N21O27/c1-17-41(10)64(80(127)95-51(29-38(4)5)72(119)89-44(13)69(116)96-55(36-106)76(123)102-66(47(16)108)83(130)131)101-79(126)62(39(6)7)99-74(121)52(30-48-22-24-49(109)25-23-48)93-73(120)53(31-58(85)110)92-59(111)32-86-68(115)43(12)91-81(128)65(46(15)107)98-60(112)33-87-71(118)50(28-37(2)3)94-78(125)57-21-19-27-104(57)82(129)63(40(8)9)100-70(117)45(14)90-75(122)54(35-105)97-77(124)56-20-18-26-103(56)61(113)34-88-67(114)42(11)84/h22-25,37-47,50-57,62-66,105-109H,17-21,26-36,84H2,1-16H3,(H2,85,110)(H,86,115)(H,87,118)(H,88,114)(H,89,119)(H,90,122)(H,91,128)(H,92,111)(H,93,120)(H,94,125)(H,95,127)(H,96,116)(H,97,124)(H,98,112)(H,99,121)(H,100,117)(H,101,126)(H,102,123)(H,130,131)/t41-,42-,43-,44-,45-,46+,47+,50-,51-,52-,53-,54-,55-,56-,57-,62-,63-,64-,65-,66-/m0/s1. The number of phenolic OH excluding ortho intramolecular Hbond substituents is 1. The minimum absolute atomic E-state index is 0.000450. The number of aromatic hydroxyl groups is 1. The molecule has 0 aromatic heterocycles. The molecule has 48 heteroatoms. The molecule has 0 radical (unpaired) electrons. The summed E-state index contributed by atoms with van der Waals surface area (Å²) in [7, 11) is 0. The van der Waals surface area contributed by atoms with E-state index in [1.54, 1.807) is 55.4 Å². The zero-order valence-electron chi connectivity index (χ0n) is 76.8. The summed E-state index contributed by atoms with van der Waals surface area (Å²) >= 11 is 0. The van der Waals surface area contributed by atoms with Crippen LogP contribution >= 0.6 is 0 Å². The van der Waals surface area contributed by atoms with E-state index in [9.17, 15) is 131 Å². The van der Waals surface area contributed by atoms with Crippen LogP contribution in [0, 0.1) is 29.6 Å². The van der Waals surface area contributed by atoms with E-state index < -0.39 is 296 Å². The van der Waals surface area contributed by atoms with Crippen LogP contribution in [0.4, 0.5) is 0 Å². The first kappa shape index (κ1) is 113. The van der Waals surface area contributed by atoms with Gasteiger partial charge >= 0.3 is 5.97 Å². The van der Waals surface area contributed by atoms with E-state index in [0.717, 1.165) is 20.8 Å². The highest BCUT2D eigenvalue weighted by Gasteiger charge is 2.44. The number of benzene rings is 1. The van der Waals surface area contributed by atoms with Gasteiger partial charge in [-0.15, -0.1) is 0 Å². The van der Waals surface area contributed by atoms with Crippen LogP contribution in [0.25, 0.3) is 0 Å². The molecule has 2 heterocycles. The molecule has 48 nitrogen and oxygen atoms in total. The van der Waals surface area contributed by atoms with Crippen molar-refractivity contribution in [1.82, 2.24) is 100 Å². The smallest absolute Gasteiger partial charge is 0.328 e. The van der Waals surface area contributed by atoms with Gasteiger partial charge in [0.05, 0.1) is 57.5 Å². The lowest BCUT2D eigenvalue weighted by molar-refractivity contribution is -0.145. The summed E-state index contributed by atoms with van der Waals surface area (Å²) in [5, 5.41) is 101. The summed E-state index contributed by atoms with van der Waals surface area (Å²) < 4.78 is 0. The second-order valence-electron chi connectivity index (χ2n) is 34.3. The molecule has 0 saturated carbocycles. The number of aliphatic hydroxyl groups is 4. The number of phenols is 1. The number of nitrogens with two attached hydrogens (primary N) is 2. The summed E-state index contributed by atoms with van der Waals surface area (Å²) in [5.74, 6) is -23.2. The molecule has 131 heavy (non-hydrogen) atoms. The molecule has 734 valence electrons. The van der Waals surface area contributed by atoms with Gasteiger partial charge in [0, 0.05) is 19.5 Å². The quantitative estimate of drug-likeness (QED) is 0.0288. The maximum absolute atomic E-state index is 14.6. The van der Waals surface area contributed by atoms with Crippen LogP contribution in [0.15, 0.2) is 24.3 Å². The summed E-state index contributed by atoms with van der Waals surface area (Å²) in [6.07, 6.45) is -3.22. The molecule has 1 aromatic rings. The number of likely N-dealkylation sites (tertiary alicyclic amines) is 2. The number of carbonyl (C=O) groups excluding carboxylic acids is 20. The van der Waals surface area contributed by atoms with Gasteiger partial charge in [-0.05, 0) is 127 Å². The first-order valence-corrected chi connectivity index (χ1v) is 43.5. The lowest BCUT2D eigenvalue weighted by Crippen LogP contribution is -2.62. The van der Waals surface area contributed by atoms with Crippen molar-refractivity contribution < 1.29 is 131 Å². The molecule has 2 aliphatic heterocycles. The Bertz CT molecular complexity index is 4190. The number of rotatable bonds is 53. The Kier molecular flexibility index (Phi) is 46.8. The predicted octanol–water partition coefficient (Wildman–Crippen LogP) is -9.38. The molecular formula is C83H135N21O27. The van der Waals surface area contributed by atoms with Crippen molar-refractivity contribution >= 4 is 124 Å². The normalized spacial score (nSPS) is 17.7. The van der Waals surface area contributed by atoms with Crippen molar-refractivity contribution in [3.05, 3.63) is 29.8 Å². The SMILES string of the molecule is CC[C@H](C)[C@H](NC(=O)[C@@H](NC(=O)[C@H](Cc1ccc(O)cc1)NC(=O)[C@H](CC(N)=O)NC(=O)CNC(=O)[C@H](C)NC(=O)[C@@H](NC(=O)CNC(=O)[C@H](CC(C)C)NC(=O)[C@@H]1CCCN1C(=O)[C@@H](NC(=O)[C@H](C)NC(=O)[C@H](CO)NC(=O)[C@@H]1CCCN1C(=O)CNC(=O)[C@H](C)N)C(C)C)[C@@H](C)O)C(C)C)C(=O)N[C@@H](CC(C)C)C(=O)N[C@@H](C)C(=O)N[C@@H](CO)C(=O)N[C@H](C(=O)O)[C@@H](C)O. The monoisotopic (exact) mass is 1860 g/mol. The molecule has 2 fully saturated rings. The van der Waals surface area contributed by atoms with E-state index in [1.807, 2.05) is 5.32 Å². The number of aliphatic hydroxyl groups excluding tert-OH is 4. The molecule has 2 saturated heterocycles. The van der Waals surface area contributed by atoms with E-state index in [0.29, 0.717) is 18.4 Å². The van der Waals surface area contributed by atoms with E-state index in [-0.39, 0.29) is 69.2 Å². The van der Waals surface area contributed by atoms with Gasteiger partial charge in [0.2, 0.25) is 118 Å². The molecule has 1 aromatic carbocycles. The average molecular weight is 1860 g/mol. The molecule has 0 aliphatic carbocycles. The highest BCUT2D eigenvalue weighted by atomic mass is 16.4. The predicted molar refractivity (Wildman–Crippen MR) is 465 cm³/mol. The van der Waals surface area contributed by atoms with E-state index in [2.05, 4.69) is 85.1 Å². The number of hydrogen-bond acceptors (Lipinski definition) is 27. The highest BCUT2D eigenvalue weighted by Crippen LogP contribution is 2.23. The maximum atomic E-state index is 14.6. The van der Waals surface area contributed by atoms with Gasteiger partial charge in [-0.2, -0.15) is 0 Å². The Morgan fingerprint density at radius 3 is 1.29 bits per heavy atom. The van der Waals surface area contributed by atoms with Gasteiger partial charge < -0.3 is 142 Å². The van der Waals surface area contributed by atoms with Gasteiger partial charge in [0.1, 0.15) is 96.4 Å². The first-order valence-electron chi connectivity index (χ1n) is 43.5. The van der Waals surface area contributed by atoms with Gasteiger partial charge in [-0.1, -0.05) is 87.8 Å². The molecule has 0 bridgehead atoms. The molecule has 27 N–H and O–H groups in total. The fraction of sp³-hybridized carbons (Fsp3) is 0.675. The minimum Gasteiger partial charge on any atom is -0.508 e. The lowest BCUT2D eigenvalue weighted by Gasteiger charge is -2.32. The molecule has 20 atom stereocenters. The first-order chi connectivity index (χ1) is 61.2. The van der Waals surface area contributed by atoms with Crippen molar-refractivity contribution in [3.8, 4) is 5.75 Å². The summed E-state index contributed by atoms with van der Waals surface area (Å²) in [6, 6.07) is -19.5. The van der Waals surface area contributed by atoms with E-state index in [1.165, 1.54) is 68.7 Å². The van der Waals surface area contributed by atoms with Crippen molar-refractivity contribution in [2.45, 2.75) is 283 Å². The lowest BCUT2D eigenvalue weighted by atomic mass is 9.95. The number of primary amides is 1. The number of carboxylic acids is 1. The third-order valence-corrected chi connectivity index (χ3v) is 21.4. The van der Waals surface area contributed by atoms with Crippen LogP contribution < -0.4 is 102 Å². The molecule has 20 amide bonds. The van der Waals surface area contributed by atoms with Crippen LogP contribution in [0.1, 0.15) is 168 Å². The van der Waals surface area contributed by atoms with Crippen molar-refractivity contribution in [3.63, 3.8) is 0 Å². The number of nitrogens with one attached hydrogen (secondary N) is 17. The number of carbonyl (C=O) groups is 21. The number of nitrogens with zero attached hydrogens (tertiary/aromatic N) is 2. The number of carboxylic acid groups (broad SMARTS) is 1. The zero-order valence-corrected chi connectivity index (χ0v) is 76.8. The minimum atomic E-state index is -1.87. The van der Waals surface area contributed by atoms with Crippen LogP contribution in [0.2, 0.25) is 0 Å². The molecule has 0 unspecified atom stereocenters. The van der Waals surface area contributed by atoms with Crippen molar-refractivity contribution in [2.75, 3.05) is 45.9 Å². The topological polar surface area (TPSA) is 743 Å². The Morgan fingerprint density at radius 2 is 0.794 bits per heavy atom.